The van der Waals surface area contributed by atoms with Gasteiger partial charge >= 0.3 is 0 Å². The molecule has 1 aromatic carbocycles. The van der Waals surface area contributed by atoms with Crippen LogP contribution in [0.2, 0.25) is 0 Å². The SMILES string of the molecule is C=C=Cc1cccc2c1C(=O)NC2=O. The molecule has 1 aliphatic heterocycles. The lowest BCUT2D eigenvalue weighted by atomic mass is 10.0. The summed E-state index contributed by atoms with van der Waals surface area (Å²) in [5, 5.41) is 2.23. The minimum atomic E-state index is -0.355. The number of imide groups is 1. The van der Waals surface area contributed by atoms with E-state index >= 15 is 0 Å². The van der Waals surface area contributed by atoms with Gasteiger partial charge in [-0.05, 0) is 17.7 Å². The summed E-state index contributed by atoms with van der Waals surface area (Å²) in [6.07, 6.45) is 1.58. The van der Waals surface area contributed by atoms with E-state index in [1.807, 2.05) is 0 Å². The number of amides is 2. The summed E-state index contributed by atoms with van der Waals surface area (Å²) in [6.45, 7) is 3.43. The Morgan fingerprint density at radius 3 is 2.79 bits per heavy atom. The first-order valence-electron chi connectivity index (χ1n) is 4.08. The second-order valence-electron chi connectivity index (χ2n) is 2.90. The van der Waals surface area contributed by atoms with Gasteiger partial charge < -0.3 is 0 Å². The van der Waals surface area contributed by atoms with E-state index in [4.69, 9.17) is 0 Å². The summed E-state index contributed by atoms with van der Waals surface area (Å²) >= 11 is 0. The van der Waals surface area contributed by atoms with Gasteiger partial charge in [0.25, 0.3) is 11.8 Å². The smallest absolute Gasteiger partial charge is 0.259 e. The highest BCUT2D eigenvalue weighted by Gasteiger charge is 2.28. The van der Waals surface area contributed by atoms with Crippen molar-refractivity contribution in [2.75, 3.05) is 0 Å². The van der Waals surface area contributed by atoms with Crippen LogP contribution in [0.5, 0.6) is 0 Å². The lowest BCUT2D eigenvalue weighted by molar-refractivity contribution is 0.0879. The molecule has 1 heterocycles. The molecule has 14 heavy (non-hydrogen) atoms. The first kappa shape index (κ1) is 8.48. The Labute approximate surface area is 80.7 Å². The maximum atomic E-state index is 11.4. The summed E-state index contributed by atoms with van der Waals surface area (Å²) in [4.78, 5) is 22.6. The van der Waals surface area contributed by atoms with Gasteiger partial charge in [-0.25, -0.2) is 0 Å². The maximum Gasteiger partial charge on any atom is 0.259 e. The Morgan fingerprint density at radius 1 is 1.29 bits per heavy atom. The Hall–Kier alpha value is -2.12. The molecule has 0 fully saturated rings. The maximum absolute atomic E-state index is 11.4. The van der Waals surface area contributed by atoms with Crippen molar-refractivity contribution in [1.82, 2.24) is 5.32 Å². The second kappa shape index (κ2) is 2.98. The summed E-state index contributed by atoms with van der Waals surface area (Å²) < 4.78 is 0. The molecular weight excluding hydrogens is 178 g/mol. The molecule has 0 unspecified atom stereocenters. The van der Waals surface area contributed by atoms with Crippen LogP contribution >= 0.6 is 0 Å². The van der Waals surface area contributed by atoms with Crippen molar-refractivity contribution in [2.24, 2.45) is 0 Å². The zero-order valence-corrected chi connectivity index (χ0v) is 7.33. The number of hydrogen-bond acceptors (Lipinski definition) is 2. The van der Waals surface area contributed by atoms with Crippen molar-refractivity contribution in [1.29, 1.82) is 0 Å². The highest BCUT2D eigenvalue weighted by Crippen LogP contribution is 2.20. The fraction of sp³-hybridized carbons (Fsp3) is 0. The van der Waals surface area contributed by atoms with E-state index in [1.54, 1.807) is 24.3 Å². The number of benzene rings is 1. The van der Waals surface area contributed by atoms with Crippen LogP contribution in [-0.2, 0) is 0 Å². The van der Waals surface area contributed by atoms with Crippen LogP contribution in [0.1, 0.15) is 26.3 Å². The number of nitrogens with one attached hydrogen (secondary N) is 1. The summed E-state index contributed by atoms with van der Waals surface area (Å²) in [5.74, 6) is -0.698. The Kier molecular flexibility index (Phi) is 1.80. The Morgan fingerprint density at radius 2 is 2.07 bits per heavy atom. The zero-order chi connectivity index (χ0) is 10.1. The first-order chi connectivity index (χ1) is 6.74. The average Bonchev–Trinajstić information content (AvgIpc) is 2.44. The molecule has 0 atom stereocenters. The van der Waals surface area contributed by atoms with E-state index in [9.17, 15) is 9.59 Å². The van der Waals surface area contributed by atoms with E-state index in [0.717, 1.165) is 0 Å². The molecule has 3 heteroatoms. The van der Waals surface area contributed by atoms with E-state index in [1.165, 1.54) is 0 Å². The molecule has 3 nitrogen and oxygen atoms in total. The van der Waals surface area contributed by atoms with Gasteiger partial charge in [0.15, 0.2) is 0 Å². The lowest BCUT2D eigenvalue weighted by Crippen LogP contribution is -2.20. The van der Waals surface area contributed by atoms with Gasteiger partial charge in [0.1, 0.15) is 0 Å². The third kappa shape index (κ3) is 1.08. The van der Waals surface area contributed by atoms with Crippen molar-refractivity contribution < 1.29 is 9.59 Å². The number of fused-ring (bicyclic) bond motifs is 1. The molecule has 0 spiro atoms. The molecule has 0 saturated carbocycles. The second-order valence-corrected chi connectivity index (χ2v) is 2.90. The van der Waals surface area contributed by atoms with Gasteiger partial charge in [-0.15, -0.1) is 5.73 Å². The van der Waals surface area contributed by atoms with Crippen molar-refractivity contribution >= 4 is 17.9 Å². The van der Waals surface area contributed by atoms with Crippen LogP contribution in [0.4, 0.5) is 0 Å². The molecule has 1 aliphatic rings. The van der Waals surface area contributed by atoms with Gasteiger partial charge in [-0.2, -0.15) is 0 Å². The third-order valence-electron chi connectivity index (χ3n) is 2.05. The van der Waals surface area contributed by atoms with Crippen LogP contribution in [0, 0.1) is 0 Å². The van der Waals surface area contributed by atoms with Gasteiger partial charge in [0.2, 0.25) is 0 Å². The van der Waals surface area contributed by atoms with Crippen molar-refractivity contribution in [3.8, 4) is 0 Å². The minimum absolute atomic E-state index is 0.343. The molecule has 2 rings (SSSR count). The molecular formula is C11H7NO2. The number of rotatable bonds is 1. The summed E-state index contributed by atoms with van der Waals surface area (Å²) in [6, 6.07) is 5.09. The third-order valence-corrected chi connectivity index (χ3v) is 2.05. The largest absolute Gasteiger partial charge is 0.288 e. The number of hydrogen-bond donors (Lipinski definition) is 1. The van der Waals surface area contributed by atoms with Crippen LogP contribution < -0.4 is 5.32 Å². The molecule has 1 N–H and O–H groups in total. The average molecular weight is 185 g/mol. The van der Waals surface area contributed by atoms with Crippen molar-refractivity contribution in [3.05, 3.63) is 47.2 Å². The highest BCUT2D eigenvalue weighted by atomic mass is 16.2. The van der Waals surface area contributed by atoms with Gasteiger partial charge in [-0.1, -0.05) is 18.7 Å². The molecule has 68 valence electrons. The minimum Gasteiger partial charge on any atom is -0.288 e. The fourth-order valence-corrected chi connectivity index (χ4v) is 1.48. The first-order valence-corrected chi connectivity index (χ1v) is 4.08. The van der Waals surface area contributed by atoms with E-state index in [-0.39, 0.29) is 11.8 Å². The summed E-state index contributed by atoms with van der Waals surface area (Å²) in [5.41, 5.74) is 4.08. The van der Waals surface area contributed by atoms with Crippen molar-refractivity contribution in [3.63, 3.8) is 0 Å². The van der Waals surface area contributed by atoms with Crippen LogP contribution in [0.3, 0.4) is 0 Å². The Bertz CT molecular complexity index is 482. The van der Waals surface area contributed by atoms with Crippen LogP contribution in [0.25, 0.3) is 6.08 Å². The molecule has 0 bridgehead atoms. The number of carbonyl (C=O) groups excluding carboxylic acids is 2. The van der Waals surface area contributed by atoms with E-state index in [2.05, 4.69) is 17.6 Å². The van der Waals surface area contributed by atoms with Crippen LogP contribution in [0.15, 0.2) is 30.5 Å². The molecule has 0 aromatic heterocycles. The fourth-order valence-electron chi connectivity index (χ4n) is 1.48. The van der Waals surface area contributed by atoms with Gasteiger partial charge in [0, 0.05) is 0 Å². The Balaban J connectivity index is 2.73. The molecule has 0 aliphatic carbocycles. The predicted molar refractivity (Wildman–Crippen MR) is 51.8 cm³/mol. The molecule has 0 saturated heterocycles. The van der Waals surface area contributed by atoms with Crippen molar-refractivity contribution in [2.45, 2.75) is 0 Å². The van der Waals surface area contributed by atoms with Gasteiger partial charge in [-0.3, -0.25) is 14.9 Å². The molecule has 1 aromatic rings. The highest BCUT2D eigenvalue weighted by molar-refractivity contribution is 6.22. The number of carbonyl (C=O) groups is 2. The lowest BCUT2D eigenvalue weighted by Gasteiger charge is -1.97. The molecule has 0 radical (unpaired) electrons. The standard InChI is InChI=1S/C11H7NO2/c1-2-4-7-5-3-6-8-9(7)11(14)12-10(8)13/h3-6H,1H2,(H,12,13,14). The topological polar surface area (TPSA) is 46.2 Å². The van der Waals surface area contributed by atoms with E-state index < -0.39 is 0 Å². The summed E-state index contributed by atoms with van der Waals surface area (Å²) in [7, 11) is 0. The van der Waals surface area contributed by atoms with Gasteiger partial charge in [0.05, 0.1) is 11.1 Å². The predicted octanol–water partition coefficient (Wildman–Crippen LogP) is 1.37. The monoisotopic (exact) mass is 185 g/mol. The van der Waals surface area contributed by atoms with Crippen LogP contribution in [-0.4, -0.2) is 11.8 Å². The molecule has 2 amide bonds. The van der Waals surface area contributed by atoms with E-state index in [0.29, 0.717) is 16.7 Å². The zero-order valence-electron chi connectivity index (χ0n) is 7.33. The normalized spacial score (nSPS) is 13.1. The quantitative estimate of drug-likeness (QED) is 0.530.